The van der Waals surface area contributed by atoms with E-state index in [1.54, 1.807) is 6.07 Å². The first-order chi connectivity index (χ1) is 10.6. The summed E-state index contributed by atoms with van der Waals surface area (Å²) in [6.07, 6.45) is 6.28. The minimum absolute atomic E-state index is 0.241. The highest BCUT2D eigenvalue weighted by atomic mass is 16.7. The highest BCUT2D eigenvalue weighted by Gasteiger charge is 2.20. The van der Waals surface area contributed by atoms with Crippen LogP contribution in [0.2, 0.25) is 0 Å². The summed E-state index contributed by atoms with van der Waals surface area (Å²) >= 11 is 0. The van der Waals surface area contributed by atoms with Crippen molar-refractivity contribution >= 4 is 6.08 Å². The average molecular weight is 308 g/mol. The molecule has 0 amide bonds. The van der Waals surface area contributed by atoms with E-state index < -0.39 is 4.92 Å². The van der Waals surface area contributed by atoms with Crippen LogP contribution in [0.4, 0.5) is 0 Å². The molecule has 0 radical (unpaired) electrons. The Morgan fingerprint density at radius 1 is 1.55 bits per heavy atom. The minimum Gasteiger partial charge on any atom is -0.481 e. The SMILES string of the molecule is COc1cc(C(C)OC2CCCCO2)c(/C=C/[N+](=O)[O-])cn1. The number of aromatic nitrogens is 1. The summed E-state index contributed by atoms with van der Waals surface area (Å²) in [6, 6.07) is 1.73. The van der Waals surface area contributed by atoms with Gasteiger partial charge < -0.3 is 14.2 Å². The Morgan fingerprint density at radius 2 is 2.36 bits per heavy atom. The highest BCUT2D eigenvalue weighted by Crippen LogP contribution is 2.28. The third kappa shape index (κ3) is 4.51. The highest BCUT2D eigenvalue weighted by molar-refractivity contribution is 5.53. The van der Waals surface area contributed by atoms with Crippen molar-refractivity contribution in [2.45, 2.75) is 38.6 Å². The topological polar surface area (TPSA) is 83.7 Å². The third-order valence-corrected chi connectivity index (χ3v) is 3.46. The fraction of sp³-hybridized carbons (Fsp3) is 0.533. The molecule has 1 aromatic rings. The molecule has 1 aliphatic rings. The monoisotopic (exact) mass is 308 g/mol. The first kappa shape index (κ1) is 16.4. The van der Waals surface area contributed by atoms with Gasteiger partial charge in [-0.15, -0.1) is 0 Å². The van der Waals surface area contributed by atoms with Crippen LogP contribution in [0.5, 0.6) is 5.88 Å². The molecule has 22 heavy (non-hydrogen) atoms. The molecular weight excluding hydrogens is 288 g/mol. The molecule has 2 heterocycles. The van der Waals surface area contributed by atoms with Crippen LogP contribution in [0.1, 0.15) is 43.4 Å². The van der Waals surface area contributed by atoms with E-state index in [-0.39, 0.29) is 12.4 Å². The van der Waals surface area contributed by atoms with Gasteiger partial charge in [0.2, 0.25) is 12.1 Å². The molecular formula is C15H20N2O5. The van der Waals surface area contributed by atoms with Crippen molar-refractivity contribution in [3.8, 4) is 5.88 Å². The standard InChI is InChI=1S/C15H20N2O5/c1-11(22-15-5-3-4-8-21-15)13-9-14(20-2)16-10-12(13)6-7-17(18)19/h6-7,9-11,15H,3-5,8H2,1-2H3/b7-6+. The van der Waals surface area contributed by atoms with E-state index in [0.29, 0.717) is 18.1 Å². The van der Waals surface area contributed by atoms with E-state index in [1.807, 2.05) is 6.92 Å². The molecule has 1 saturated heterocycles. The Hall–Kier alpha value is -1.99. The molecule has 0 aliphatic carbocycles. The number of rotatable bonds is 6. The molecule has 1 aromatic heterocycles. The summed E-state index contributed by atoms with van der Waals surface area (Å²) < 4.78 is 16.6. The number of hydrogen-bond acceptors (Lipinski definition) is 6. The van der Waals surface area contributed by atoms with Crippen LogP contribution in [0, 0.1) is 10.1 Å². The predicted molar refractivity (Wildman–Crippen MR) is 79.9 cm³/mol. The summed E-state index contributed by atoms with van der Waals surface area (Å²) in [6.45, 7) is 2.58. The molecule has 1 aliphatic heterocycles. The lowest BCUT2D eigenvalue weighted by Crippen LogP contribution is -2.23. The molecule has 7 nitrogen and oxygen atoms in total. The molecule has 0 bridgehead atoms. The molecule has 2 atom stereocenters. The molecule has 2 rings (SSSR count). The van der Waals surface area contributed by atoms with Crippen molar-refractivity contribution < 1.29 is 19.1 Å². The van der Waals surface area contributed by atoms with Crippen molar-refractivity contribution in [1.29, 1.82) is 0 Å². The van der Waals surface area contributed by atoms with Crippen LogP contribution in [-0.2, 0) is 9.47 Å². The van der Waals surface area contributed by atoms with Crippen molar-refractivity contribution in [3.05, 3.63) is 39.7 Å². The van der Waals surface area contributed by atoms with Gasteiger partial charge in [0.1, 0.15) is 0 Å². The maximum absolute atomic E-state index is 10.5. The number of hydrogen-bond donors (Lipinski definition) is 0. The second-order valence-corrected chi connectivity index (χ2v) is 5.03. The zero-order chi connectivity index (χ0) is 15.9. The first-order valence-corrected chi connectivity index (χ1v) is 7.23. The zero-order valence-corrected chi connectivity index (χ0v) is 12.7. The minimum atomic E-state index is -0.510. The van der Waals surface area contributed by atoms with Crippen LogP contribution in [0.25, 0.3) is 6.08 Å². The van der Waals surface area contributed by atoms with Gasteiger partial charge in [0.25, 0.3) is 0 Å². The summed E-state index contributed by atoms with van der Waals surface area (Å²) in [5.74, 6) is 0.438. The fourth-order valence-corrected chi connectivity index (χ4v) is 2.32. The fourth-order valence-electron chi connectivity index (χ4n) is 2.32. The molecule has 0 saturated carbocycles. The van der Waals surface area contributed by atoms with Gasteiger partial charge in [-0.1, -0.05) is 0 Å². The molecule has 120 valence electrons. The average Bonchev–Trinajstić information content (AvgIpc) is 2.53. The molecule has 2 unspecified atom stereocenters. The van der Waals surface area contributed by atoms with Crippen molar-refractivity contribution in [3.63, 3.8) is 0 Å². The maximum Gasteiger partial charge on any atom is 0.235 e. The Morgan fingerprint density at radius 3 is 3.00 bits per heavy atom. The van der Waals surface area contributed by atoms with Gasteiger partial charge in [-0.25, -0.2) is 4.98 Å². The van der Waals surface area contributed by atoms with Gasteiger partial charge in [0.15, 0.2) is 6.29 Å². The molecule has 0 N–H and O–H groups in total. The maximum atomic E-state index is 10.5. The lowest BCUT2D eigenvalue weighted by atomic mass is 10.1. The van der Waals surface area contributed by atoms with Gasteiger partial charge in [-0.3, -0.25) is 10.1 Å². The Balaban J connectivity index is 2.19. The van der Waals surface area contributed by atoms with Crippen LogP contribution < -0.4 is 4.74 Å². The number of pyridine rings is 1. The molecule has 0 spiro atoms. The molecule has 1 fully saturated rings. The van der Waals surface area contributed by atoms with Crippen LogP contribution in [-0.4, -0.2) is 29.9 Å². The number of nitro groups is 1. The van der Waals surface area contributed by atoms with Gasteiger partial charge in [-0.05, 0) is 31.7 Å². The Kier molecular flexibility index (Phi) is 5.85. The van der Waals surface area contributed by atoms with Crippen molar-refractivity contribution in [2.75, 3.05) is 13.7 Å². The summed E-state index contributed by atoms with van der Waals surface area (Å²) in [5, 5.41) is 10.5. The van der Waals surface area contributed by atoms with Crippen LogP contribution >= 0.6 is 0 Å². The smallest absolute Gasteiger partial charge is 0.235 e. The van der Waals surface area contributed by atoms with Gasteiger partial charge in [-0.2, -0.15) is 0 Å². The van der Waals surface area contributed by atoms with E-state index in [2.05, 4.69) is 4.98 Å². The molecule has 7 heteroatoms. The van der Waals surface area contributed by atoms with E-state index in [1.165, 1.54) is 19.4 Å². The van der Waals surface area contributed by atoms with Crippen molar-refractivity contribution in [1.82, 2.24) is 4.98 Å². The first-order valence-electron chi connectivity index (χ1n) is 7.23. The Bertz CT molecular complexity index is 541. The second-order valence-electron chi connectivity index (χ2n) is 5.03. The van der Waals surface area contributed by atoms with E-state index in [9.17, 15) is 10.1 Å². The van der Waals surface area contributed by atoms with Crippen molar-refractivity contribution in [2.24, 2.45) is 0 Å². The summed E-state index contributed by atoms with van der Waals surface area (Å²) in [4.78, 5) is 14.1. The van der Waals surface area contributed by atoms with Gasteiger partial charge in [0, 0.05) is 30.5 Å². The second kappa shape index (κ2) is 7.86. The van der Waals surface area contributed by atoms with Gasteiger partial charge in [0.05, 0.1) is 18.1 Å². The third-order valence-electron chi connectivity index (χ3n) is 3.46. The van der Waals surface area contributed by atoms with Crippen LogP contribution in [0.3, 0.4) is 0 Å². The van der Waals surface area contributed by atoms with E-state index in [0.717, 1.165) is 31.0 Å². The lowest BCUT2D eigenvalue weighted by Gasteiger charge is -2.26. The number of methoxy groups -OCH3 is 1. The zero-order valence-electron chi connectivity index (χ0n) is 12.7. The normalized spacial score (nSPS) is 20.0. The summed E-state index contributed by atoms with van der Waals surface area (Å²) in [7, 11) is 1.52. The summed E-state index contributed by atoms with van der Waals surface area (Å²) in [5.41, 5.74) is 1.40. The van der Waals surface area contributed by atoms with Crippen LogP contribution in [0.15, 0.2) is 18.5 Å². The quantitative estimate of drug-likeness (QED) is 0.593. The molecule has 0 aromatic carbocycles. The van der Waals surface area contributed by atoms with E-state index >= 15 is 0 Å². The van der Waals surface area contributed by atoms with E-state index in [4.69, 9.17) is 14.2 Å². The largest absolute Gasteiger partial charge is 0.481 e. The lowest BCUT2D eigenvalue weighted by molar-refractivity contribution is -0.400. The number of ether oxygens (including phenoxy) is 3. The Labute approximate surface area is 129 Å². The number of nitrogens with zero attached hydrogens (tertiary/aromatic N) is 2. The predicted octanol–water partition coefficient (Wildman–Crippen LogP) is 2.94. The van der Waals surface area contributed by atoms with Gasteiger partial charge >= 0.3 is 0 Å².